The van der Waals surface area contributed by atoms with Crippen LogP contribution in [0.2, 0.25) is 0 Å². The van der Waals surface area contributed by atoms with Crippen LogP contribution in [0.25, 0.3) is 0 Å². The van der Waals surface area contributed by atoms with E-state index in [1.54, 1.807) is 0 Å². The van der Waals surface area contributed by atoms with Gasteiger partial charge in [-0.15, -0.1) is 10.2 Å². The van der Waals surface area contributed by atoms with Crippen molar-refractivity contribution in [3.05, 3.63) is 0 Å². The fraction of sp³-hybridized carbons (Fsp3) is 0.769. The lowest BCUT2D eigenvalue weighted by molar-refractivity contribution is -0.121. The van der Waals surface area contributed by atoms with Crippen molar-refractivity contribution in [2.45, 2.75) is 61.6 Å². The Hall–Kier alpha value is -0.820. The summed E-state index contributed by atoms with van der Waals surface area (Å²) in [6.45, 7) is 4.78. The summed E-state index contributed by atoms with van der Waals surface area (Å²) in [5.74, 6) is 0.113. The minimum Gasteiger partial charge on any atom is -0.360 e. The smallest absolute Gasteiger partial charge is 0.233 e. The second kappa shape index (κ2) is 7.83. The molecule has 0 unspecified atom stereocenters. The molecule has 1 aromatic rings. The third kappa shape index (κ3) is 4.63. The number of nitrogens with one attached hydrogen (secondary N) is 2. The largest absolute Gasteiger partial charge is 0.360 e. The number of aromatic nitrogens is 2. The Labute approximate surface area is 128 Å². The fourth-order valence-electron chi connectivity index (χ4n) is 2.25. The van der Waals surface area contributed by atoms with Crippen LogP contribution < -0.4 is 10.6 Å². The molecule has 0 bridgehead atoms. The predicted molar refractivity (Wildman–Crippen MR) is 84.4 cm³/mol. The van der Waals surface area contributed by atoms with Crippen LogP contribution in [-0.2, 0) is 4.79 Å². The van der Waals surface area contributed by atoms with E-state index < -0.39 is 0 Å². The highest BCUT2D eigenvalue weighted by Crippen LogP contribution is 2.29. The first kappa shape index (κ1) is 15.6. The number of amides is 1. The van der Waals surface area contributed by atoms with Crippen LogP contribution in [0.3, 0.4) is 0 Å². The van der Waals surface area contributed by atoms with Gasteiger partial charge in [0, 0.05) is 12.6 Å². The zero-order valence-corrected chi connectivity index (χ0v) is 13.6. The molecule has 1 aliphatic rings. The molecule has 0 saturated heterocycles. The van der Waals surface area contributed by atoms with Crippen molar-refractivity contribution >= 4 is 34.1 Å². The lowest BCUT2D eigenvalue weighted by Gasteiger charge is -2.24. The average Bonchev–Trinajstić information content (AvgIpc) is 2.87. The second-order valence-corrected chi connectivity index (χ2v) is 7.57. The van der Waals surface area contributed by atoms with Gasteiger partial charge in [0.2, 0.25) is 11.0 Å². The Balaban J connectivity index is 1.80. The van der Waals surface area contributed by atoms with E-state index in [2.05, 4.69) is 20.8 Å². The molecule has 1 saturated carbocycles. The first-order valence-electron chi connectivity index (χ1n) is 7.23. The Kier molecular flexibility index (Phi) is 6.09. The summed E-state index contributed by atoms with van der Waals surface area (Å²) in [5.41, 5.74) is 0. The van der Waals surface area contributed by atoms with Crippen molar-refractivity contribution in [1.82, 2.24) is 15.5 Å². The molecule has 2 N–H and O–H groups in total. The molecule has 1 heterocycles. The predicted octanol–water partition coefficient (Wildman–Crippen LogP) is 2.90. The van der Waals surface area contributed by atoms with Gasteiger partial charge < -0.3 is 10.6 Å². The van der Waals surface area contributed by atoms with Crippen LogP contribution in [0.5, 0.6) is 0 Å². The van der Waals surface area contributed by atoms with Crippen molar-refractivity contribution < 1.29 is 4.79 Å². The summed E-state index contributed by atoms with van der Waals surface area (Å²) in [6, 6.07) is 0.367. The Bertz CT molecular complexity index is 432. The highest BCUT2D eigenvalue weighted by Gasteiger charge is 2.21. The number of nitrogens with zero attached hydrogens (tertiary/aromatic N) is 2. The van der Waals surface area contributed by atoms with Gasteiger partial charge in [-0.3, -0.25) is 4.79 Å². The normalized spacial score (nSPS) is 17.7. The minimum absolute atomic E-state index is 0.113. The van der Waals surface area contributed by atoms with E-state index in [0.29, 0.717) is 6.04 Å². The SMILES string of the molecule is CCNc1nnc(S[C@H](C)C(=O)NC2CCCCC2)s1. The summed E-state index contributed by atoms with van der Waals surface area (Å²) in [7, 11) is 0. The number of hydrogen-bond donors (Lipinski definition) is 2. The second-order valence-electron chi connectivity index (χ2n) is 5.01. The van der Waals surface area contributed by atoms with E-state index in [9.17, 15) is 4.79 Å². The molecule has 1 aliphatic carbocycles. The number of thioether (sulfide) groups is 1. The zero-order valence-electron chi connectivity index (χ0n) is 12.0. The maximum absolute atomic E-state index is 12.2. The maximum atomic E-state index is 12.2. The third-order valence-corrected chi connectivity index (χ3v) is 5.40. The molecular weight excluding hydrogens is 292 g/mol. The number of rotatable bonds is 6. The maximum Gasteiger partial charge on any atom is 0.233 e. The van der Waals surface area contributed by atoms with Gasteiger partial charge in [-0.2, -0.15) is 0 Å². The topological polar surface area (TPSA) is 66.9 Å². The van der Waals surface area contributed by atoms with Gasteiger partial charge in [-0.05, 0) is 26.7 Å². The minimum atomic E-state index is -0.126. The van der Waals surface area contributed by atoms with Crippen molar-refractivity contribution in [2.75, 3.05) is 11.9 Å². The molecule has 0 aliphatic heterocycles. The van der Waals surface area contributed by atoms with Crippen molar-refractivity contribution in [1.29, 1.82) is 0 Å². The molecule has 0 spiro atoms. The average molecular weight is 314 g/mol. The van der Waals surface area contributed by atoms with Gasteiger partial charge in [0.05, 0.1) is 5.25 Å². The van der Waals surface area contributed by atoms with Crippen LogP contribution in [0, 0.1) is 0 Å². The molecule has 1 aromatic heterocycles. The third-order valence-electron chi connectivity index (χ3n) is 3.33. The quantitative estimate of drug-likeness (QED) is 0.790. The molecule has 2 rings (SSSR count). The van der Waals surface area contributed by atoms with E-state index in [4.69, 9.17) is 0 Å². The summed E-state index contributed by atoms with van der Waals surface area (Å²) in [6.07, 6.45) is 6.00. The van der Waals surface area contributed by atoms with Gasteiger partial charge in [-0.1, -0.05) is 42.4 Å². The molecule has 20 heavy (non-hydrogen) atoms. The van der Waals surface area contributed by atoms with Crippen LogP contribution in [0.15, 0.2) is 4.34 Å². The summed E-state index contributed by atoms with van der Waals surface area (Å²) in [4.78, 5) is 12.2. The van der Waals surface area contributed by atoms with Gasteiger partial charge in [0.15, 0.2) is 4.34 Å². The first-order chi connectivity index (χ1) is 9.69. The van der Waals surface area contributed by atoms with Crippen molar-refractivity contribution in [3.63, 3.8) is 0 Å². The van der Waals surface area contributed by atoms with Crippen LogP contribution in [-0.4, -0.2) is 33.9 Å². The molecule has 1 amide bonds. The highest BCUT2D eigenvalue weighted by molar-refractivity contribution is 8.02. The van der Waals surface area contributed by atoms with Crippen molar-refractivity contribution in [2.24, 2.45) is 0 Å². The molecule has 7 heteroatoms. The first-order valence-corrected chi connectivity index (χ1v) is 8.93. The standard InChI is InChI=1S/C13H22N4OS2/c1-3-14-12-16-17-13(20-12)19-9(2)11(18)15-10-7-5-4-6-8-10/h9-10H,3-8H2,1-2H3,(H,14,16)(H,15,18)/t9-/m1/s1. The molecule has 0 aromatic carbocycles. The molecule has 0 radical (unpaired) electrons. The van der Waals surface area contributed by atoms with E-state index in [1.165, 1.54) is 42.4 Å². The summed E-state index contributed by atoms with van der Waals surface area (Å²) >= 11 is 2.98. The van der Waals surface area contributed by atoms with Crippen molar-refractivity contribution in [3.8, 4) is 0 Å². The molecule has 1 atom stereocenters. The van der Waals surface area contributed by atoms with Crippen LogP contribution in [0.4, 0.5) is 5.13 Å². The zero-order chi connectivity index (χ0) is 14.4. The number of carbonyl (C=O) groups is 1. The van der Waals surface area contributed by atoms with Gasteiger partial charge in [-0.25, -0.2) is 0 Å². The Morgan fingerprint density at radius 1 is 1.40 bits per heavy atom. The molecule has 1 fully saturated rings. The van der Waals surface area contributed by atoms with E-state index in [-0.39, 0.29) is 11.2 Å². The number of anilines is 1. The molecular formula is C13H22N4OS2. The van der Waals surface area contributed by atoms with Gasteiger partial charge in [0.25, 0.3) is 0 Å². The molecule has 112 valence electrons. The fourth-order valence-corrected chi connectivity index (χ4v) is 4.22. The van der Waals surface area contributed by atoms with Crippen LogP contribution in [0.1, 0.15) is 46.0 Å². The Morgan fingerprint density at radius 3 is 2.85 bits per heavy atom. The van der Waals surface area contributed by atoms with Gasteiger partial charge >= 0.3 is 0 Å². The highest BCUT2D eigenvalue weighted by atomic mass is 32.2. The monoisotopic (exact) mass is 314 g/mol. The Morgan fingerprint density at radius 2 is 2.15 bits per heavy atom. The lowest BCUT2D eigenvalue weighted by Crippen LogP contribution is -2.40. The number of hydrogen-bond acceptors (Lipinski definition) is 6. The van der Waals surface area contributed by atoms with E-state index in [0.717, 1.165) is 28.9 Å². The van der Waals surface area contributed by atoms with Gasteiger partial charge in [0.1, 0.15) is 0 Å². The van der Waals surface area contributed by atoms with Crippen LogP contribution >= 0.6 is 23.1 Å². The van der Waals surface area contributed by atoms with E-state index >= 15 is 0 Å². The molecule has 5 nitrogen and oxygen atoms in total. The summed E-state index contributed by atoms with van der Waals surface area (Å²) in [5, 5.41) is 15.1. The summed E-state index contributed by atoms with van der Waals surface area (Å²) < 4.78 is 0.840. The lowest BCUT2D eigenvalue weighted by atomic mass is 9.95. The van der Waals surface area contributed by atoms with E-state index in [1.807, 2.05) is 13.8 Å². The number of carbonyl (C=O) groups excluding carboxylic acids is 1.